The van der Waals surface area contributed by atoms with E-state index in [2.05, 4.69) is 10.3 Å². The van der Waals surface area contributed by atoms with Gasteiger partial charge in [0.05, 0.1) is 18.2 Å². The zero-order chi connectivity index (χ0) is 16.4. The molecule has 0 radical (unpaired) electrons. The Kier molecular flexibility index (Phi) is 4.74. The molecule has 0 saturated heterocycles. The number of ether oxygens (including phenoxy) is 1. The Hall–Kier alpha value is -1.78. The van der Waals surface area contributed by atoms with Crippen LogP contribution in [0.25, 0.3) is 0 Å². The highest BCUT2D eigenvalue weighted by Gasteiger charge is 2.34. The van der Waals surface area contributed by atoms with E-state index in [9.17, 15) is 4.79 Å². The summed E-state index contributed by atoms with van der Waals surface area (Å²) in [5.41, 5.74) is 1.19. The number of aromatic nitrogens is 1. The quantitative estimate of drug-likeness (QED) is 0.818. The third kappa shape index (κ3) is 3.77. The lowest BCUT2D eigenvalue weighted by Gasteiger charge is -2.19. The molecular weight excluding hydrogens is 335 g/mol. The van der Waals surface area contributed by atoms with Crippen LogP contribution >= 0.6 is 23.2 Å². The summed E-state index contributed by atoms with van der Waals surface area (Å²) in [6.07, 6.45) is 2.18. The molecule has 1 fully saturated rings. The average Bonchev–Trinajstić information content (AvgIpc) is 3.39. The SMILES string of the molecule is COc1ccc(C(NC(=O)c2nc(Cl)ccc2Cl)C2CC2)cc1. The first-order chi connectivity index (χ1) is 11.1. The smallest absolute Gasteiger partial charge is 0.271 e. The van der Waals surface area contributed by atoms with E-state index in [1.807, 2.05) is 24.3 Å². The van der Waals surface area contributed by atoms with Gasteiger partial charge < -0.3 is 10.1 Å². The number of hydrogen-bond donors (Lipinski definition) is 1. The van der Waals surface area contributed by atoms with Crippen LogP contribution in [0.4, 0.5) is 0 Å². The van der Waals surface area contributed by atoms with Gasteiger partial charge in [-0.05, 0) is 48.6 Å². The molecule has 1 amide bonds. The lowest BCUT2D eigenvalue weighted by molar-refractivity contribution is 0.0927. The molecule has 1 aliphatic carbocycles. The van der Waals surface area contributed by atoms with Crippen molar-refractivity contribution in [1.82, 2.24) is 10.3 Å². The van der Waals surface area contributed by atoms with E-state index in [4.69, 9.17) is 27.9 Å². The van der Waals surface area contributed by atoms with Gasteiger partial charge in [0.2, 0.25) is 0 Å². The molecule has 0 spiro atoms. The number of methoxy groups -OCH3 is 1. The monoisotopic (exact) mass is 350 g/mol. The van der Waals surface area contributed by atoms with Gasteiger partial charge in [-0.15, -0.1) is 0 Å². The average molecular weight is 351 g/mol. The number of carbonyl (C=O) groups is 1. The molecule has 1 atom stereocenters. The van der Waals surface area contributed by atoms with Crippen LogP contribution in [0.3, 0.4) is 0 Å². The Morgan fingerprint density at radius 3 is 2.52 bits per heavy atom. The van der Waals surface area contributed by atoms with Crippen molar-refractivity contribution in [3.05, 3.63) is 57.8 Å². The van der Waals surface area contributed by atoms with E-state index >= 15 is 0 Å². The molecule has 1 N–H and O–H groups in total. The van der Waals surface area contributed by atoms with Crippen LogP contribution in [-0.4, -0.2) is 18.0 Å². The van der Waals surface area contributed by atoms with Crippen LogP contribution < -0.4 is 10.1 Å². The molecule has 0 aliphatic heterocycles. The highest BCUT2D eigenvalue weighted by atomic mass is 35.5. The van der Waals surface area contributed by atoms with Gasteiger partial charge in [0, 0.05) is 0 Å². The number of rotatable bonds is 5. The first kappa shape index (κ1) is 16.1. The standard InChI is InChI=1S/C17H16Cl2N2O2/c1-23-12-6-4-11(5-7-12)15(10-2-3-10)21-17(22)16-13(18)8-9-14(19)20-16/h4-10,15H,2-3H2,1H3,(H,21,22). The van der Waals surface area contributed by atoms with Gasteiger partial charge in [0.15, 0.2) is 0 Å². The Morgan fingerprint density at radius 2 is 1.91 bits per heavy atom. The van der Waals surface area contributed by atoms with Crippen molar-refractivity contribution in [2.24, 2.45) is 5.92 Å². The summed E-state index contributed by atoms with van der Waals surface area (Å²) in [5.74, 6) is 0.907. The summed E-state index contributed by atoms with van der Waals surface area (Å²) < 4.78 is 5.17. The molecule has 6 heteroatoms. The van der Waals surface area contributed by atoms with Crippen molar-refractivity contribution in [3.63, 3.8) is 0 Å². The van der Waals surface area contributed by atoms with Gasteiger partial charge in [-0.1, -0.05) is 35.3 Å². The van der Waals surface area contributed by atoms with Gasteiger partial charge in [-0.3, -0.25) is 4.79 Å². The number of nitrogens with zero attached hydrogens (tertiary/aromatic N) is 1. The molecule has 1 saturated carbocycles. The van der Waals surface area contributed by atoms with E-state index in [0.717, 1.165) is 24.2 Å². The Bertz CT molecular complexity index is 715. The summed E-state index contributed by atoms with van der Waals surface area (Å²) in [6, 6.07) is 10.8. The van der Waals surface area contributed by atoms with Crippen LogP contribution in [0, 0.1) is 5.92 Å². The molecule has 23 heavy (non-hydrogen) atoms. The fourth-order valence-electron chi connectivity index (χ4n) is 2.50. The van der Waals surface area contributed by atoms with Gasteiger partial charge in [-0.25, -0.2) is 4.98 Å². The van der Waals surface area contributed by atoms with Gasteiger partial charge in [-0.2, -0.15) is 0 Å². The second-order valence-electron chi connectivity index (χ2n) is 5.53. The maximum atomic E-state index is 12.5. The minimum absolute atomic E-state index is 0.0646. The Labute approximate surface area is 144 Å². The molecule has 1 aliphatic rings. The van der Waals surface area contributed by atoms with Crippen molar-refractivity contribution < 1.29 is 9.53 Å². The second-order valence-corrected chi connectivity index (χ2v) is 6.32. The third-order valence-electron chi connectivity index (χ3n) is 3.88. The first-order valence-electron chi connectivity index (χ1n) is 7.35. The highest BCUT2D eigenvalue weighted by molar-refractivity contribution is 6.34. The topological polar surface area (TPSA) is 51.2 Å². The molecule has 2 aromatic rings. The maximum Gasteiger partial charge on any atom is 0.271 e. The number of hydrogen-bond acceptors (Lipinski definition) is 3. The second kappa shape index (κ2) is 6.77. The summed E-state index contributed by atoms with van der Waals surface area (Å²) in [7, 11) is 1.63. The maximum absolute atomic E-state index is 12.5. The van der Waals surface area contributed by atoms with Gasteiger partial charge in [0.1, 0.15) is 16.6 Å². The molecule has 0 bridgehead atoms. The highest BCUT2D eigenvalue weighted by Crippen LogP contribution is 2.41. The fourth-order valence-corrected chi connectivity index (χ4v) is 2.84. The van der Waals surface area contributed by atoms with E-state index < -0.39 is 0 Å². The van der Waals surface area contributed by atoms with Crippen LogP contribution in [0.1, 0.15) is 34.9 Å². The predicted octanol–water partition coefficient (Wildman–Crippen LogP) is 4.28. The number of nitrogens with one attached hydrogen (secondary N) is 1. The molecular formula is C17H16Cl2N2O2. The van der Waals surface area contributed by atoms with Gasteiger partial charge >= 0.3 is 0 Å². The molecule has 4 nitrogen and oxygen atoms in total. The number of halogens is 2. The predicted molar refractivity (Wildman–Crippen MR) is 90.2 cm³/mol. The van der Waals surface area contributed by atoms with Crippen molar-refractivity contribution in [1.29, 1.82) is 0 Å². The molecule has 1 unspecified atom stereocenters. The van der Waals surface area contributed by atoms with E-state index in [-0.39, 0.29) is 27.8 Å². The summed E-state index contributed by atoms with van der Waals surface area (Å²) in [6.45, 7) is 0. The molecule has 1 aromatic heterocycles. The largest absolute Gasteiger partial charge is 0.497 e. The van der Waals surface area contributed by atoms with E-state index in [1.54, 1.807) is 19.2 Å². The zero-order valence-electron chi connectivity index (χ0n) is 12.6. The molecule has 3 rings (SSSR count). The summed E-state index contributed by atoms with van der Waals surface area (Å²) in [4.78, 5) is 16.5. The number of amides is 1. The minimum atomic E-state index is -0.315. The normalized spacial score (nSPS) is 15.1. The van der Waals surface area contributed by atoms with Crippen LogP contribution in [0.15, 0.2) is 36.4 Å². The first-order valence-corrected chi connectivity index (χ1v) is 8.11. The number of pyridine rings is 1. The van der Waals surface area contributed by atoms with Crippen molar-refractivity contribution in [2.75, 3.05) is 7.11 Å². The van der Waals surface area contributed by atoms with Crippen molar-refractivity contribution in [2.45, 2.75) is 18.9 Å². The van der Waals surface area contributed by atoms with Crippen LogP contribution in [0.5, 0.6) is 5.75 Å². The number of benzene rings is 1. The molecule has 1 heterocycles. The zero-order valence-corrected chi connectivity index (χ0v) is 14.1. The van der Waals surface area contributed by atoms with E-state index in [0.29, 0.717) is 5.92 Å². The summed E-state index contributed by atoms with van der Waals surface area (Å²) >= 11 is 11.9. The van der Waals surface area contributed by atoms with Gasteiger partial charge in [0.25, 0.3) is 5.91 Å². The Morgan fingerprint density at radius 1 is 1.22 bits per heavy atom. The summed E-state index contributed by atoms with van der Waals surface area (Å²) in [5, 5.41) is 3.56. The third-order valence-corrected chi connectivity index (χ3v) is 4.40. The lowest BCUT2D eigenvalue weighted by atomic mass is 10.0. The number of carbonyl (C=O) groups excluding carboxylic acids is 1. The minimum Gasteiger partial charge on any atom is -0.497 e. The fraction of sp³-hybridized carbons (Fsp3) is 0.294. The van der Waals surface area contributed by atoms with Crippen LogP contribution in [0.2, 0.25) is 10.2 Å². The van der Waals surface area contributed by atoms with Crippen LogP contribution in [-0.2, 0) is 0 Å². The Balaban J connectivity index is 1.82. The van der Waals surface area contributed by atoms with Crippen molar-refractivity contribution >= 4 is 29.1 Å². The van der Waals surface area contributed by atoms with E-state index in [1.165, 1.54) is 0 Å². The lowest BCUT2D eigenvalue weighted by Crippen LogP contribution is -2.30. The van der Waals surface area contributed by atoms with Crippen molar-refractivity contribution in [3.8, 4) is 5.75 Å². The molecule has 120 valence electrons. The molecule has 1 aromatic carbocycles.